The van der Waals surface area contributed by atoms with Crippen LogP contribution in [0, 0.1) is 0 Å². The summed E-state index contributed by atoms with van der Waals surface area (Å²) in [5.74, 6) is -7.10. The lowest BCUT2D eigenvalue weighted by Crippen LogP contribution is -2.62. The molecule has 2 N–H and O–H groups in total. The zero-order valence-corrected chi connectivity index (χ0v) is 10.0. The monoisotopic (exact) mass is 363 g/mol. The quantitative estimate of drug-likeness (QED) is 0.440. The van der Waals surface area contributed by atoms with Crippen molar-refractivity contribution in [2.45, 2.75) is 22.7 Å². The fourth-order valence-corrected chi connectivity index (χ4v) is 1.97. The van der Waals surface area contributed by atoms with Crippen LogP contribution >= 0.6 is 0 Å². The van der Waals surface area contributed by atoms with Crippen LogP contribution in [0.15, 0.2) is 0 Å². The summed E-state index contributed by atoms with van der Waals surface area (Å²) in [7, 11) is -7.38. The molecule has 0 aliphatic heterocycles. The lowest BCUT2D eigenvalue weighted by Gasteiger charge is -2.30. The molecule has 20 heavy (non-hydrogen) atoms. The first-order valence-corrected chi connectivity index (χ1v) is 6.34. The van der Waals surface area contributed by atoms with Gasteiger partial charge in [-0.2, -0.15) is 39.5 Å². The van der Waals surface area contributed by atoms with Gasteiger partial charge < -0.3 is 4.55 Å². The Kier molecular flexibility index (Phi) is 4.84. The molecule has 0 saturated heterocycles. The third kappa shape index (κ3) is 3.17. The maximum absolute atomic E-state index is 12.7. The molecule has 0 aromatic rings. The Morgan fingerprint density at radius 3 is 1.50 bits per heavy atom. The predicted octanol–water partition coefficient (Wildman–Crippen LogP) is 1.47. The maximum atomic E-state index is 12.7. The third-order valence-electron chi connectivity index (χ3n) is 1.54. The average Bonchev–Trinajstić information content (AvgIpc) is 2.12. The predicted molar refractivity (Wildman–Crippen MR) is 43.7 cm³/mol. The van der Waals surface area contributed by atoms with Crippen molar-refractivity contribution in [3.8, 4) is 0 Å². The van der Waals surface area contributed by atoms with Crippen LogP contribution in [-0.2, 0) is 21.1 Å². The Labute approximate surface area is 106 Å². The number of halogens is 9. The molecule has 16 heteroatoms. The first-order valence-electron chi connectivity index (χ1n) is 3.75. The van der Waals surface area contributed by atoms with Crippen LogP contribution in [0.1, 0.15) is 0 Å². The normalized spacial score (nSPS) is 17.1. The number of hydrogen-bond donors (Lipinski definition) is 2. The van der Waals surface area contributed by atoms with Crippen LogP contribution in [0.3, 0.4) is 0 Å². The Morgan fingerprint density at radius 1 is 0.900 bits per heavy atom. The largest absolute Gasteiger partial charge is 0.470 e. The standard InChI is InChI=1S/C4H2F9NO4S2/c5-1(6,2(7,8)19(15)16)3(9,10)20(17,18)14-4(11,12)13/h14H,(H,15,16). The van der Waals surface area contributed by atoms with Gasteiger partial charge in [0.1, 0.15) is 0 Å². The molecule has 1 unspecified atom stereocenters. The number of rotatable bonds is 5. The molecule has 0 spiro atoms. The van der Waals surface area contributed by atoms with E-state index in [0.29, 0.717) is 0 Å². The molecule has 0 heterocycles. The molecule has 0 aromatic carbocycles. The van der Waals surface area contributed by atoms with E-state index in [1.807, 2.05) is 0 Å². The molecule has 122 valence electrons. The Bertz CT molecular complexity index is 497. The van der Waals surface area contributed by atoms with Gasteiger partial charge in [0.15, 0.2) is 0 Å². The summed E-state index contributed by atoms with van der Waals surface area (Å²) in [4.78, 5) is 0. The first kappa shape index (κ1) is 19.4. The van der Waals surface area contributed by atoms with E-state index in [4.69, 9.17) is 4.55 Å². The van der Waals surface area contributed by atoms with Gasteiger partial charge in [-0.05, 0) is 0 Å². The van der Waals surface area contributed by atoms with Gasteiger partial charge in [0.05, 0.1) is 0 Å². The number of alkyl halides is 9. The summed E-state index contributed by atoms with van der Waals surface area (Å²) in [6.45, 7) is 0. The van der Waals surface area contributed by atoms with E-state index in [9.17, 15) is 52.1 Å². The molecule has 0 bridgehead atoms. The topological polar surface area (TPSA) is 83.5 Å². The highest BCUT2D eigenvalue weighted by molar-refractivity contribution is 7.90. The smallest absolute Gasteiger partial charge is 0.301 e. The second-order valence-electron chi connectivity index (χ2n) is 2.96. The van der Waals surface area contributed by atoms with Crippen molar-refractivity contribution in [1.82, 2.24) is 4.72 Å². The van der Waals surface area contributed by atoms with Crippen molar-refractivity contribution < 1.29 is 56.7 Å². The van der Waals surface area contributed by atoms with E-state index >= 15 is 0 Å². The van der Waals surface area contributed by atoms with E-state index in [2.05, 4.69) is 0 Å². The molecular weight excluding hydrogens is 361 g/mol. The van der Waals surface area contributed by atoms with Crippen LogP contribution in [0.4, 0.5) is 39.5 Å². The van der Waals surface area contributed by atoms with Crippen molar-refractivity contribution in [2.75, 3.05) is 0 Å². The summed E-state index contributed by atoms with van der Waals surface area (Å²) in [5, 5.41) is -13.6. The molecule has 0 rings (SSSR count). The van der Waals surface area contributed by atoms with E-state index < -0.39 is 48.6 Å². The summed E-state index contributed by atoms with van der Waals surface area (Å²) in [6.07, 6.45) is -6.16. The van der Waals surface area contributed by atoms with Crippen molar-refractivity contribution in [3.63, 3.8) is 0 Å². The first-order chi connectivity index (χ1) is 8.40. The summed E-state index contributed by atoms with van der Waals surface area (Å²) in [5.41, 5.74) is 0. The molecule has 0 saturated carbocycles. The van der Waals surface area contributed by atoms with Gasteiger partial charge in [-0.1, -0.05) is 0 Å². The second kappa shape index (κ2) is 4.99. The van der Waals surface area contributed by atoms with E-state index in [0.717, 1.165) is 0 Å². The summed E-state index contributed by atoms with van der Waals surface area (Å²) in [6, 6.07) is 0. The highest BCUT2D eigenvalue weighted by atomic mass is 32.2. The fourth-order valence-electron chi connectivity index (χ4n) is 0.664. The fraction of sp³-hybridized carbons (Fsp3) is 1.00. The van der Waals surface area contributed by atoms with Gasteiger partial charge in [-0.15, -0.1) is 4.72 Å². The molecule has 0 amide bonds. The zero-order chi connectivity index (χ0) is 16.8. The minimum atomic E-state index is -7.38. The molecule has 1 atom stereocenters. The SMILES string of the molecule is O=S(O)C(F)(F)C(F)(F)C(F)(F)S(=O)(=O)NC(F)(F)F. The van der Waals surface area contributed by atoms with Crippen LogP contribution in [0.5, 0.6) is 0 Å². The van der Waals surface area contributed by atoms with Crippen LogP contribution in [-0.4, -0.2) is 39.9 Å². The summed E-state index contributed by atoms with van der Waals surface area (Å²) >= 11 is -4.99. The third-order valence-corrected chi connectivity index (χ3v) is 3.66. The molecule has 0 aliphatic rings. The second-order valence-corrected chi connectivity index (χ2v) is 5.70. The minimum Gasteiger partial charge on any atom is -0.301 e. The molecular formula is C4H2F9NO4S2. The van der Waals surface area contributed by atoms with Gasteiger partial charge in [-0.25, -0.2) is 12.6 Å². The van der Waals surface area contributed by atoms with E-state index in [-0.39, 0.29) is 0 Å². The van der Waals surface area contributed by atoms with Crippen LogP contribution in [0.2, 0.25) is 0 Å². The Morgan fingerprint density at radius 2 is 1.25 bits per heavy atom. The van der Waals surface area contributed by atoms with E-state index in [1.54, 1.807) is 0 Å². The maximum Gasteiger partial charge on any atom is 0.470 e. The Hall–Kier alpha value is -0.610. The highest BCUT2D eigenvalue weighted by Crippen LogP contribution is 2.49. The molecule has 5 nitrogen and oxygen atoms in total. The minimum absolute atomic E-state index is 0.919. The number of sulfonamides is 1. The highest BCUT2D eigenvalue weighted by Gasteiger charge is 2.80. The summed E-state index contributed by atoms with van der Waals surface area (Å²) < 4.78 is 148. The Balaban J connectivity index is 5.93. The molecule has 0 fully saturated rings. The lowest BCUT2D eigenvalue weighted by molar-refractivity contribution is -0.245. The van der Waals surface area contributed by atoms with Gasteiger partial charge in [0, 0.05) is 0 Å². The van der Waals surface area contributed by atoms with Crippen molar-refractivity contribution in [3.05, 3.63) is 0 Å². The van der Waals surface area contributed by atoms with Crippen molar-refractivity contribution in [2.24, 2.45) is 0 Å². The molecule has 0 radical (unpaired) electrons. The van der Waals surface area contributed by atoms with Crippen molar-refractivity contribution in [1.29, 1.82) is 0 Å². The zero-order valence-electron chi connectivity index (χ0n) is 8.39. The molecule has 0 aliphatic carbocycles. The lowest BCUT2D eigenvalue weighted by atomic mass is 10.3. The molecule has 0 aromatic heterocycles. The van der Waals surface area contributed by atoms with Gasteiger partial charge in [0.25, 0.3) is 10.0 Å². The number of nitrogens with one attached hydrogen (secondary N) is 1. The van der Waals surface area contributed by atoms with Crippen LogP contribution in [0.25, 0.3) is 0 Å². The van der Waals surface area contributed by atoms with E-state index in [1.165, 1.54) is 0 Å². The van der Waals surface area contributed by atoms with Gasteiger partial charge >= 0.3 is 22.7 Å². The van der Waals surface area contributed by atoms with Gasteiger partial charge in [-0.3, -0.25) is 0 Å². The van der Waals surface area contributed by atoms with Crippen LogP contribution < -0.4 is 4.72 Å². The van der Waals surface area contributed by atoms with Crippen molar-refractivity contribution >= 4 is 21.1 Å². The van der Waals surface area contributed by atoms with Gasteiger partial charge in [0.2, 0.25) is 11.1 Å². The average molecular weight is 363 g/mol. The number of hydrogen-bond acceptors (Lipinski definition) is 3.